The van der Waals surface area contributed by atoms with E-state index in [1.165, 1.54) is 22.3 Å². The molecule has 5 nitrogen and oxygen atoms in total. The highest BCUT2D eigenvalue weighted by atomic mass is 15.0. The van der Waals surface area contributed by atoms with Crippen molar-refractivity contribution in [3.63, 3.8) is 0 Å². The van der Waals surface area contributed by atoms with Gasteiger partial charge in [-0.3, -0.25) is 4.98 Å². The zero-order valence-electron chi connectivity index (χ0n) is 29.3. The van der Waals surface area contributed by atoms with Crippen LogP contribution in [-0.2, 0) is 5.41 Å². The first-order chi connectivity index (χ1) is 25.9. The Morgan fingerprint density at radius 2 is 0.943 bits per heavy atom. The maximum atomic E-state index is 9.66. The lowest BCUT2D eigenvalue weighted by molar-refractivity contribution is 0.660. The van der Waals surface area contributed by atoms with E-state index in [0.717, 1.165) is 50.2 Å². The van der Waals surface area contributed by atoms with E-state index < -0.39 is 0 Å². The number of hydrogen-bond donors (Lipinski definition) is 0. The third-order valence-electron chi connectivity index (χ3n) is 10.2. The molecule has 1 aliphatic carbocycles. The predicted molar refractivity (Wildman–Crippen MR) is 213 cm³/mol. The summed E-state index contributed by atoms with van der Waals surface area (Å²) >= 11 is 0. The van der Waals surface area contributed by atoms with Crippen molar-refractivity contribution < 1.29 is 0 Å². The van der Waals surface area contributed by atoms with Crippen LogP contribution in [-0.4, -0.2) is 19.9 Å². The van der Waals surface area contributed by atoms with Crippen molar-refractivity contribution in [2.24, 2.45) is 0 Å². The Balaban J connectivity index is 1.22. The highest BCUT2D eigenvalue weighted by Gasteiger charge is 2.36. The summed E-state index contributed by atoms with van der Waals surface area (Å²) in [6.45, 7) is 4.48. The molecule has 2 heterocycles. The van der Waals surface area contributed by atoms with Crippen LogP contribution in [0.4, 0.5) is 0 Å². The molecule has 0 saturated carbocycles. The first kappa shape index (κ1) is 31.9. The van der Waals surface area contributed by atoms with Crippen LogP contribution in [0.1, 0.15) is 30.5 Å². The molecule has 2 aromatic heterocycles. The van der Waals surface area contributed by atoms with Crippen molar-refractivity contribution in [2.75, 3.05) is 0 Å². The summed E-state index contributed by atoms with van der Waals surface area (Å²) in [7, 11) is 0. The quantitative estimate of drug-likeness (QED) is 0.175. The molecule has 0 fully saturated rings. The lowest BCUT2D eigenvalue weighted by atomic mass is 9.81. The van der Waals surface area contributed by atoms with E-state index in [0.29, 0.717) is 23.0 Å². The Kier molecular flexibility index (Phi) is 7.79. The van der Waals surface area contributed by atoms with Gasteiger partial charge in [0, 0.05) is 39.4 Å². The van der Waals surface area contributed by atoms with Gasteiger partial charge in [-0.2, -0.15) is 5.26 Å². The van der Waals surface area contributed by atoms with Gasteiger partial charge in [0.15, 0.2) is 17.5 Å². The van der Waals surface area contributed by atoms with Crippen LogP contribution >= 0.6 is 0 Å². The molecule has 6 aromatic carbocycles. The molecule has 0 amide bonds. The van der Waals surface area contributed by atoms with Crippen LogP contribution in [0.3, 0.4) is 0 Å². The van der Waals surface area contributed by atoms with Crippen molar-refractivity contribution in [3.05, 3.63) is 181 Å². The standard InChI is InChI=1S/C48H33N5/c1-48(2)42-24-31(29-49)18-21-40(42)41-22-19-35(28-43(41)48)37-25-38(44-23-20-36(30-50-44)32-12-6-3-7-13-32)27-39(26-37)47-52-45(33-14-8-4-9-15-33)51-46(53-47)34-16-10-5-11-17-34/h3-28,30H,1-2H3. The molecule has 8 aromatic rings. The predicted octanol–water partition coefficient (Wildman–Crippen LogP) is 11.4. The first-order valence-electron chi connectivity index (χ1n) is 17.7. The summed E-state index contributed by atoms with van der Waals surface area (Å²) in [5, 5.41) is 9.66. The number of fused-ring (bicyclic) bond motifs is 3. The summed E-state index contributed by atoms with van der Waals surface area (Å²) in [5.74, 6) is 1.81. The third-order valence-corrected chi connectivity index (χ3v) is 10.2. The Bertz CT molecular complexity index is 2620. The molecule has 0 unspecified atom stereocenters. The number of pyridine rings is 1. The second-order valence-electron chi connectivity index (χ2n) is 13.9. The van der Waals surface area contributed by atoms with E-state index in [9.17, 15) is 5.26 Å². The summed E-state index contributed by atoms with van der Waals surface area (Å²) in [6.07, 6.45) is 1.94. The van der Waals surface area contributed by atoms with E-state index in [4.69, 9.17) is 19.9 Å². The highest BCUT2D eigenvalue weighted by Crippen LogP contribution is 2.50. The normalized spacial score (nSPS) is 12.5. The van der Waals surface area contributed by atoms with Crippen LogP contribution < -0.4 is 0 Å². The monoisotopic (exact) mass is 679 g/mol. The van der Waals surface area contributed by atoms with Crippen LogP contribution in [0.2, 0.25) is 0 Å². The van der Waals surface area contributed by atoms with E-state index in [-0.39, 0.29) is 5.41 Å². The molecule has 53 heavy (non-hydrogen) atoms. The zero-order valence-corrected chi connectivity index (χ0v) is 29.3. The summed E-state index contributed by atoms with van der Waals surface area (Å²) < 4.78 is 0. The highest BCUT2D eigenvalue weighted by molar-refractivity contribution is 5.86. The Labute approximate surface area is 309 Å². The van der Waals surface area contributed by atoms with Crippen molar-refractivity contribution in [1.82, 2.24) is 19.9 Å². The molecule has 0 saturated heterocycles. The minimum atomic E-state index is -0.272. The number of hydrogen-bond acceptors (Lipinski definition) is 5. The first-order valence-corrected chi connectivity index (χ1v) is 17.7. The van der Waals surface area contributed by atoms with Gasteiger partial charge in [0.25, 0.3) is 0 Å². The fraction of sp³-hybridized carbons (Fsp3) is 0.0625. The van der Waals surface area contributed by atoms with Crippen LogP contribution in [0.5, 0.6) is 0 Å². The SMILES string of the molecule is CC1(C)c2cc(C#N)ccc2-c2ccc(-c3cc(-c4ccc(-c5ccccc5)cn4)cc(-c4nc(-c5ccccc5)nc(-c5ccccc5)n4)c3)cc21. The van der Waals surface area contributed by atoms with Gasteiger partial charge in [0.05, 0.1) is 17.3 Å². The average Bonchev–Trinajstić information content (AvgIpc) is 3.46. The van der Waals surface area contributed by atoms with E-state index in [1.807, 2.05) is 97.2 Å². The average molecular weight is 680 g/mol. The molecule has 5 heteroatoms. The Morgan fingerprint density at radius 3 is 1.53 bits per heavy atom. The molecule has 0 radical (unpaired) electrons. The molecular formula is C48H33N5. The minimum absolute atomic E-state index is 0.272. The van der Waals surface area contributed by atoms with Gasteiger partial charge in [0.1, 0.15) is 0 Å². The van der Waals surface area contributed by atoms with Gasteiger partial charge in [0.2, 0.25) is 0 Å². The van der Waals surface area contributed by atoms with E-state index in [2.05, 4.69) is 86.6 Å². The molecular weight excluding hydrogens is 647 g/mol. The van der Waals surface area contributed by atoms with Crippen molar-refractivity contribution in [3.8, 4) is 84.9 Å². The van der Waals surface area contributed by atoms with Gasteiger partial charge in [-0.1, -0.05) is 129 Å². The van der Waals surface area contributed by atoms with Crippen LogP contribution in [0, 0.1) is 11.3 Å². The van der Waals surface area contributed by atoms with Crippen LogP contribution in [0.25, 0.3) is 78.8 Å². The zero-order chi connectivity index (χ0) is 35.9. The van der Waals surface area contributed by atoms with Gasteiger partial charge in [-0.15, -0.1) is 0 Å². The van der Waals surface area contributed by atoms with E-state index in [1.54, 1.807) is 0 Å². The number of aromatic nitrogens is 4. The Morgan fingerprint density at radius 1 is 0.434 bits per heavy atom. The van der Waals surface area contributed by atoms with Crippen LogP contribution in [0.15, 0.2) is 164 Å². The number of nitrogens with zero attached hydrogens (tertiary/aromatic N) is 5. The fourth-order valence-electron chi connectivity index (χ4n) is 7.36. The molecule has 9 rings (SSSR count). The van der Waals surface area contributed by atoms with Crippen molar-refractivity contribution >= 4 is 0 Å². The third kappa shape index (κ3) is 5.87. The largest absolute Gasteiger partial charge is 0.256 e. The van der Waals surface area contributed by atoms with Crippen molar-refractivity contribution in [2.45, 2.75) is 19.3 Å². The summed E-state index contributed by atoms with van der Waals surface area (Å²) in [6, 6.07) is 56.2. The summed E-state index contributed by atoms with van der Waals surface area (Å²) in [4.78, 5) is 20.1. The molecule has 0 bridgehead atoms. The number of rotatable bonds is 6. The molecule has 1 aliphatic rings. The second kappa shape index (κ2) is 12.9. The van der Waals surface area contributed by atoms with Gasteiger partial charge < -0.3 is 0 Å². The Hall–Kier alpha value is -7.03. The smallest absolute Gasteiger partial charge is 0.164 e. The van der Waals surface area contributed by atoms with Gasteiger partial charge in [-0.25, -0.2) is 15.0 Å². The van der Waals surface area contributed by atoms with Gasteiger partial charge in [-0.05, 0) is 81.4 Å². The maximum Gasteiger partial charge on any atom is 0.164 e. The number of benzene rings is 6. The van der Waals surface area contributed by atoms with Crippen molar-refractivity contribution in [1.29, 1.82) is 5.26 Å². The molecule has 0 atom stereocenters. The molecule has 250 valence electrons. The van der Waals surface area contributed by atoms with E-state index >= 15 is 0 Å². The second-order valence-corrected chi connectivity index (χ2v) is 13.9. The minimum Gasteiger partial charge on any atom is -0.256 e. The lowest BCUT2D eigenvalue weighted by Crippen LogP contribution is -2.15. The topological polar surface area (TPSA) is 75.3 Å². The maximum absolute atomic E-state index is 9.66. The van der Waals surface area contributed by atoms with Gasteiger partial charge >= 0.3 is 0 Å². The lowest BCUT2D eigenvalue weighted by Gasteiger charge is -2.22. The number of nitriles is 1. The molecule has 0 aliphatic heterocycles. The summed E-state index contributed by atoms with van der Waals surface area (Å²) in [5.41, 5.74) is 14.0. The fourth-order valence-corrected chi connectivity index (χ4v) is 7.36. The molecule has 0 spiro atoms. The molecule has 0 N–H and O–H groups in total.